The van der Waals surface area contributed by atoms with Gasteiger partial charge in [-0.05, 0) is 18.2 Å². The summed E-state index contributed by atoms with van der Waals surface area (Å²) in [4.78, 5) is 7.92. The molecule has 0 fully saturated rings. The lowest BCUT2D eigenvalue weighted by molar-refractivity contribution is 1.22. The van der Waals surface area contributed by atoms with Crippen molar-refractivity contribution in [2.75, 3.05) is 0 Å². The average Bonchev–Trinajstić information content (AvgIpc) is 2.18. The van der Waals surface area contributed by atoms with Crippen molar-refractivity contribution < 1.29 is 0 Å². The second kappa shape index (κ2) is 3.04. The molecule has 2 nitrogen and oxygen atoms in total. The zero-order chi connectivity index (χ0) is 9.26. The summed E-state index contributed by atoms with van der Waals surface area (Å²) in [7, 11) is 0. The van der Waals surface area contributed by atoms with Crippen LogP contribution in [-0.4, -0.2) is 9.97 Å². The summed E-state index contributed by atoms with van der Waals surface area (Å²) in [5, 5.41) is 1.22. The minimum Gasteiger partial charge on any atom is -0.236 e. The van der Waals surface area contributed by atoms with Gasteiger partial charge in [0.15, 0.2) is 0 Å². The summed E-state index contributed by atoms with van der Waals surface area (Å²) >= 11 is 5.87. The Morgan fingerprint density at radius 2 is 2.15 bits per heavy atom. The highest BCUT2D eigenvalue weighted by atomic mass is 35.5. The third-order valence-corrected chi connectivity index (χ3v) is 2.05. The first-order chi connectivity index (χ1) is 6.31. The summed E-state index contributed by atoms with van der Waals surface area (Å²) < 4.78 is 0. The van der Waals surface area contributed by atoms with Gasteiger partial charge < -0.3 is 0 Å². The van der Waals surface area contributed by atoms with Crippen molar-refractivity contribution in [2.24, 2.45) is 0 Å². The van der Waals surface area contributed by atoms with Crippen LogP contribution in [-0.2, 0) is 0 Å². The van der Waals surface area contributed by atoms with Gasteiger partial charge >= 0.3 is 0 Å². The lowest BCUT2D eigenvalue weighted by atomic mass is 10.1. The third kappa shape index (κ3) is 1.34. The van der Waals surface area contributed by atoms with E-state index in [0.717, 1.165) is 16.5 Å². The molecule has 13 heavy (non-hydrogen) atoms. The van der Waals surface area contributed by atoms with Gasteiger partial charge in [-0.2, -0.15) is 0 Å². The number of nitrogens with zero attached hydrogens (tertiary/aromatic N) is 2. The molecule has 0 spiro atoms. The van der Waals surface area contributed by atoms with Crippen molar-refractivity contribution >= 4 is 22.5 Å². The summed E-state index contributed by atoms with van der Waals surface area (Å²) in [5.74, 6) is 2.53. The van der Waals surface area contributed by atoms with Gasteiger partial charge in [-0.15, -0.1) is 6.42 Å². The highest BCUT2D eigenvalue weighted by Crippen LogP contribution is 2.19. The van der Waals surface area contributed by atoms with Crippen molar-refractivity contribution in [3.63, 3.8) is 0 Å². The van der Waals surface area contributed by atoms with Gasteiger partial charge in [0.2, 0.25) is 0 Å². The quantitative estimate of drug-likeness (QED) is 0.468. The van der Waals surface area contributed by atoms with E-state index in [9.17, 15) is 0 Å². The molecule has 62 valence electrons. The Hall–Kier alpha value is -1.59. The molecular formula is C10H5ClN2. The molecule has 1 heterocycles. The third-order valence-electron chi connectivity index (χ3n) is 1.75. The predicted molar refractivity (Wildman–Crippen MR) is 52.5 cm³/mol. The molecule has 0 aliphatic carbocycles. The smallest absolute Gasteiger partial charge is 0.140 e. The first-order valence-electron chi connectivity index (χ1n) is 3.68. The summed E-state index contributed by atoms with van der Waals surface area (Å²) in [5.41, 5.74) is 1.59. The van der Waals surface area contributed by atoms with Crippen molar-refractivity contribution in [1.29, 1.82) is 0 Å². The van der Waals surface area contributed by atoms with Crippen LogP contribution in [0.1, 0.15) is 5.56 Å². The minimum atomic E-state index is 0.433. The van der Waals surface area contributed by atoms with E-state index in [1.165, 1.54) is 6.33 Å². The molecule has 0 N–H and O–H groups in total. The van der Waals surface area contributed by atoms with E-state index in [1.807, 2.05) is 12.1 Å². The van der Waals surface area contributed by atoms with Crippen LogP contribution in [0.15, 0.2) is 24.5 Å². The van der Waals surface area contributed by atoms with E-state index in [4.69, 9.17) is 18.0 Å². The molecule has 0 aliphatic heterocycles. The van der Waals surface area contributed by atoms with E-state index in [2.05, 4.69) is 15.9 Å². The van der Waals surface area contributed by atoms with Gasteiger partial charge in [0, 0.05) is 10.9 Å². The van der Waals surface area contributed by atoms with E-state index in [-0.39, 0.29) is 0 Å². The molecule has 0 saturated carbocycles. The molecule has 3 heteroatoms. The maximum Gasteiger partial charge on any atom is 0.140 e. The molecule has 0 bridgehead atoms. The van der Waals surface area contributed by atoms with E-state index in [0.29, 0.717) is 5.15 Å². The molecule has 2 rings (SSSR count). The van der Waals surface area contributed by atoms with Crippen LogP contribution in [0.3, 0.4) is 0 Å². The maximum absolute atomic E-state index is 5.87. The Morgan fingerprint density at radius 3 is 2.92 bits per heavy atom. The van der Waals surface area contributed by atoms with Crippen LogP contribution < -0.4 is 0 Å². The first-order valence-corrected chi connectivity index (χ1v) is 4.06. The number of rotatable bonds is 0. The van der Waals surface area contributed by atoms with Crippen LogP contribution in [0, 0.1) is 12.3 Å². The number of aromatic nitrogens is 2. The minimum absolute atomic E-state index is 0.433. The summed E-state index contributed by atoms with van der Waals surface area (Å²) in [6.07, 6.45) is 6.69. The Bertz CT molecular complexity index is 500. The van der Waals surface area contributed by atoms with Crippen LogP contribution in [0.5, 0.6) is 0 Å². The molecule has 0 aliphatic rings. The van der Waals surface area contributed by atoms with E-state index in [1.54, 1.807) is 6.07 Å². The Morgan fingerprint density at radius 1 is 1.31 bits per heavy atom. The van der Waals surface area contributed by atoms with Crippen molar-refractivity contribution in [3.8, 4) is 12.3 Å². The molecule has 0 unspecified atom stereocenters. The predicted octanol–water partition coefficient (Wildman–Crippen LogP) is 2.26. The molecule has 0 atom stereocenters. The molecule has 0 radical (unpaired) electrons. The fourth-order valence-corrected chi connectivity index (χ4v) is 1.31. The number of halogens is 1. The fraction of sp³-hybridized carbons (Fsp3) is 0. The van der Waals surface area contributed by atoms with Gasteiger partial charge in [0.1, 0.15) is 11.5 Å². The van der Waals surface area contributed by atoms with Gasteiger partial charge in [0.05, 0.1) is 5.52 Å². The second-order valence-electron chi connectivity index (χ2n) is 2.54. The number of fused-ring (bicyclic) bond motifs is 1. The van der Waals surface area contributed by atoms with Crippen LogP contribution >= 0.6 is 11.6 Å². The lowest BCUT2D eigenvalue weighted by Crippen LogP contribution is -1.84. The summed E-state index contributed by atoms with van der Waals surface area (Å²) in [6, 6.07) is 5.46. The Kier molecular flexibility index (Phi) is 1.88. The number of terminal acetylenes is 1. The van der Waals surface area contributed by atoms with Gasteiger partial charge in [-0.25, -0.2) is 9.97 Å². The maximum atomic E-state index is 5.87. The van der Waals surface area contributed by atoms with Crippen LogP contribution in [0.4, 0.5) is 0 Å². The van der Waals surface area contributed by atoms with Crippen LogP contribution in [0.25, 0.3) is 10.9 Å². The molecule has 1 aromatic carbocycles. The van der Waals surface area contributed by atoms with E-state index < -0.39 is 0 Å². The van der Waals surface area contributed by atoms with Gasteiger partial charge in [0.25, 0.3) is 0 Å². The number of hydrogen-bond donors (Lipinski definition) is 0. The van der Waals surface area contributed by atoms with Crippen molar-refractivity contribution in [3.05, 3.63) is 35.2 Å². The number of benzene rings is 1. The highest BCUT2D eigenvalue weighted by Gasteiger charge is 2.00. The zero-order valence-corrected chi connectivity index (χ0v) is 7.42. The zero-order valence-electron chi connectivity index (χ0n) is 6.66. The normalized spacial score (nSPS) is 9.85. The molecule has 0 saturated heterocycles. The Balaban J connectivity index is 2.84. The topological polar surface area (TPSA) is 25.8 Å². The van der Waals surface area contributed by atoms with Gasteiger partial charge in [-0.1, -0.05) is 17.5 Å². The Labute approximate surface area is 80.6 Å². The lowest BCUT2D eigenvalue weighted by Gasteiger charge is -1.98. The largest absolute Gasteiger partial charge is 0.236 e. The molecule has 2 aromatic rings. The summed E-state index contributed by atoms with van der Waals surface area (Å²) in [6.45, 7) is 0. The van der Waals surface area contributed by atoms with Crippen molar-refractivity contribution in [2.45, 2.75) is 0 Å². The highest BCUT2D eigenvalue weighted by molar-refractivity contribution is 6.34. The van der Waals surface area contributed by atoms with Crippen molar-refractivity contribution in [1.82, 2.24) is 9.97 Å². The monoisotopic (exact) mass is 188 g/mol. The standard InChI is InChI=1S/C10H5ClN2/c1-2-7-3-4-9-8(5-7)10(11)13-6-12-9/h1,3-6H. The molecular weight excluding hydrogens is 184 g/mol. The second-order valence-corrected chi connectivity index (χ2v) is 2.90. The van der Waals surface area contributed by atoms with Crippen LogP contribution in [0.2, 0.25) is 5.15 Å². The SMILES string of the molecule is C#Cc1ccc2ncnc(Cl)c2c1. The first kappa shape index (κ1) is 8.03. The molecule has 0 amide bonds. The van der Waals surface area contributed by atoms with Gasteiger partial charge in [-0.3, -0.25) is 0 Å². The number of hydrogen-bond acceptors (Lipinski definition) is 2. The average molecular weight is 189 g/mol. The molecule has 1 aromatic heterocycles. The van der Waals surface area contributed by atoms with E-state index >= 15 is 0 Å². The fourth-order valence-electron chi connectivity index (χ4n) is 1.11.